The van der Waals surface area contributed by atoms with E-state index in [1.807, 2.05) is 0 Å². The van der Waals surface area contributed by atoms with Gasteiger partial charge in [-0.25, -0.2) is 4.79 Å². The van der Waals surface area contributed by atoms with Gasteiger partial charge in [0.05, 0.1) is 0 Å². The molecule has 1 aromatic carbocycles. The summed E-state index contributed by atoms with van der Waals surface area (Å²) in [6.07, 6.45) is -1.49. The molecule has 4 heterocycles. The summed E-state index contributed by atoms with van der Waals surface area (Å²) in [5, 5.41) is 38.5. The minimum atomic E-state index is -1.49. The molecule has 2 aromatic heterocycles. The molecule has 180 valence electrons. The summed E-state index contributed by atoms with van der Waals surface area (Å²) in [5.41, 5.74) is 1.27. The van der Waals surface area contributed by atoms with Crippen LogP contribution in [-0.2, 0) is 14.4 Å². The van der Waals surface area contributed by atoms with E-state index in [2.05, 4.69) is 25.9 Å². The van der Waals surface area contributed by atoms with Crippen LogP contribution in [0.1, 0.15) is 11.7 Å². The van der Waals surface area contributed by atoms with Crippen molar-refractivity contribution in [2.45, 2.75) is 22.5 Å². The van der Waals surface area contributed by atoms with Gasteiger partial charge >= 0.3 is 5.97 Å². The minimum absolute atomic E-state index is 0.0986. The molecule has 0 radical (unpaired) electrons. The van der Waals surface area contributed by atoms with Crippen molar-refractivity contribution >= 4 is 58.6 Å². The molecule has 2 aliphatic heterocycles. The van der Waals surface area contributed by atoms with Gasteiger partial charge in [-0.1, -0.05) is 23.7 Å². The number of carbonyl (C=O) groups excluding carboxylic acids is 2. The van der Waals surface area contributed by atoms with E-state index in [0.717, 1.165) is 0 Å². The summed E-state index contributed by atoms with van der Waals surface area (Å²) >= 11 is 8.47. The summed E-state index contributed by atoms with van der Waals surface area (Å²) in [5.74, 6) is -1.89. The number of aromatic nitrogens is 5. The van der Waals surface area contributed by atoms with Crippen LogP contribution in [0, 0.1) is 0 Å². The van der Waals surface area contributed by atoms with Gasteiger partial charge in [-0.2, -0.15) is 0 Å². The number of rotatable bonds is 7. The van der Waals surface area contributed by atoms with Crippen LogP contribution in [0.2, 0.25) is 5.02 Å². The third-order valence-corrected chi connectivity index (χ3v) is 8.02. The maximum absolute atomic E-state index is 12.8. The maximum Gasteiger partial charge on any atom is 0.352 e. The number of hydrogen-bond donors (Lipinski definition) is 3. The second-order valence-corrected chi connectivity index (χ2v) is 10.1. The molecule has 15 heteroatoms. The number of hydrogen-bond acceptors (Lipinski definition) is 10. The van der Waals surface area contributed by atoms with E-state index >= 15 is 0 Å². The number of nitrogens with one attached hydrogen (secondary N) is 1. The first-order chi connectivity index (χ1) is 16.8. The predicted octanol–water partition coefficient (Wildman–Crippen LogP) is 0.737. The van der Waals surface area contributed by atoms with Crippen molar-refractivity contribution in [3.63, 3.8) is 0 Å². The molecule has 3 atom stereocenters. The largest absolute Gasteiger partial charge is 0.477 e. The fourth-order valence-electron chi connectivity index (χ4n) is 3.69. The molecule has 1 fully saturated rings. The van der Waals surface area contributed by atoms with Crippen LogP contribution in [0.3, 0.4) is 0 Å². The fourth-order valence-corrected chi connectivity index (χ4v) is 6.16. The average molecular weight is 534 g/mol. The zero-order valence-electron chi connectivity index (χ0n) is 17.6. The Balaban J connectivity index is 1.28. The van der Waals surface area contributed by atoms with Gasteiger partial charge in [0.2, 0.25) is 0 Å². The monoisotopic (exact) mass is 533 g/mol. The van der Waals surface area contributed by atoms with E-state index in [9.17, 15) is 24.6 Å². The topological polar surface area (TPSA) is 163 Å². The summed E-state index contributed by atoms with van der Waals surface area (Å²) in [4.78, 5) is 38.6. The third kappa shape index (κ3) is 4.45. The number of carboxylic acid groups (broad SMARTS) is 1. The van der Waals surface area contributed by atoms with Gasteiger partial charge < -0.3 is 15.5 Å². The molecule has 5 rings (SSSR count). The van der Waals surface area contributed by atoms with E-state index in [-0.39, 0.29) is 11.4 Å². The van der Waals surface area contributed by atoms with E-state index in [1.54, 1.807) is 24.3 Å². The molecule has 0 spiro atoms. The van der Waals surface area contributed by atoms with E-state index in [0.29, 0.717) is 32.6 Å². The van der Waals surface area contributed by atoms with E-state index < -0.39 is 35.3 Å². The molecule has 0 bridgehead atoms. The number of carboxylic acids is 1. The Morgan fingerprint density at radius 3 is 2.77 bits per heavy atom. The molecule has 2 amide bonds. The van der Waals surface area contributed by atoms with Crippen LogP contribution in [0.5, 0.6) is 0 Å². The minimum Gasteiger partial charge on any atom is -0.477 e. The molecule has 2 aliphatic rings. The van der Waals surface area contributed by atoms with Crippen LogP contribution in [-0.4, -0.2) is 81.1 Å². The SMILES string of the molecule is O=C(O)C1=C(CSc2ccc3nnnn3n2)CS[C@H]2C(NC(=O)C(O)c3ccc(Cl)cc3)C(=O)N12. The molecule has 1 saturated heterocycles. The molecule has 3 N–H and O–H groups in total. The number of nitrogens with zero attached hydrogens (tertiary/aromatic N) is 6. The highest BCUT2D eigenvalue weighted by Gasteiger charge is 2.54. The van der Waals surface area contributed by atoms with Gasteiger partial charge in [-0.3, -0.25) is 14.5 Å². The number of thioether (sulfide) groups is 2. The fraction of sp³-hybridized carbons (Fsp3) is 0.250. The lowest BCUT2D eigenvalue weighted by molar-refractivity contribution is -0.151. The number of halogens is 1. The van der Waals surface area contributed by atoms with Crippen LogP contribution in [0.25, 0.3) is 5.65 Å². The van der Waals surface area contributed by atoms with Crippen LogP contribution in [0.4, 0.5) is 0 Å². The van der Waals surface area contributed by atoms with Gasteiger partial charge in [-0.15, -0.1) is 38.4 Å². The second kappa shape index (κ2) is 9.45. The molecule has 0 saturated carbocycles. The van der Waals surface area contributed by atoms with Crippen LogP contribution < -0.4 is 5.32 Å². The Labute approximate surface area is 210 Å². The van der Waals surface area contributed by atoms with Crippen molar-refractivity contribution < 1.29 is 24.6 Å². The van der Waals surface area contributed by atoms with Crippen molar-refractivity contribution in [1.29, 1.82) is 0 Å². The molecular weight excluding hydrogens is 518 g/mol. The molecule has 12 nitrogen and oxygen atoms in total. The van der Waals surface area contributed by atoms with Crippen molar-refractivity contribution in [2.75, 3.05) is 11.5 Å². The number of benzene rings is 1. The van der Waals surface area contributed by atoms with Gasteiger partial charge in [-0.05, 0) is 45.8 Å². The van der Waals surface area contributed by atoms with E-state index in [4.69, 9.17) is 11.6 Å². The lowest BCUT2D eigenvalue weighted by Crippen LogP contribution is -2.70. The van der Waals surface area contributed by atoms with Crippen LogP contribution >= 0.6 is 35.1 Å². The number of carbonyl (C=O) groups is 3. The Hall–Kier alpha value is -3.20. The molecule has 0 aliphatic carbocycles. The molecule has 2 unspecified atom stereocenters. The number of tetrazole rings is 1. The van der Waals surface area contributed by atoms with Crippen molar-refractivity contribution in [2.24, 2.45) is 0 Å². The summed E-state index contributed by atoms with van der Waals surface area (Å²) in [6, 6.07) is 8.58. The van der Waals surface area contributed by atoms with Gasteiger partial charge in [0, 0.05) is 16.5 Å². The molecular formula is C20H16ClN7O5S2. The van der Waals surface area contributed by atoms with Crippen molar-refractivity contribution in [3.05, 3.63) is 58.3 Å². The Morgan fingerprint density at radius 2 is 2.03 bits per heavy atom. The first kappa shape index (κ1) is 23.5. The van der Waals surface area contributed by atoms with Crippen molar-refractivity contribution in [1.82, 2.24) is 35.5 Å². The van der Waals surface area contributed by atoms with Gasteiger partial charge in [0.1, 0.15) is 22.1 Å². The summed E-state index contributed by atoms with van der Waals surface area (Å²) < 4.78 is 1.27. The molecule has 3 aromatic rings. The second-order valence-electron chi connectivity index (χ2n) is 7.59. The number of fused-ring (bicyclic) bond motifs is 2. The first-order valence-electron chi connectivity index (χ1n) is 10.2. The highest BCUT2D eigenvalue weighted by Crippen LogP contribution is 2.41. The third-order valence-electron chi connectivity index (χ3n) is 5.42. The smallest absolute Gasteiger partial charge is 0.352 e. The number of β-lactam (4-membered cyclic amide) rings is 1. The van der Waals surface area contributed by atoms with Gasteiger partial charge in [0.15, 0.2) is 11.8 Å². The zero-order valence-corrected chi connectivity index (χ0v) is 20.0. The summed E-state index contributed by atoms with van der Waals surface area (Å²) in [7, 11) is 0. The van der Waals surface area contributed by atoms with Crippen molar-refractivity contribution in [3.8, 4) is 0 Å². The normalized spacial score (nSPS) is 20.4. The maximum atomic E-state index is 12.8. The Morgan fingerprint density at radius 1 is 1.26 bits per heavy atom. The highest BCUT2D eigenvalue weighted by atomic mass is 35.5. The standard InChI is InChI=1S/C20H16ClN7O5S2/c21-11-3-1-9(2-4-11)16(29)17(30)22-14-18(31)27-15(20(32)33)10(8-35-19(14)27)7-34-13-6-5-12-23-25-26-28(12)24-13/h1-6,14,16,19,29H,7-8H2,(H,22,30)(H,32,33)/t14?,16?,19-/m0/s1. The van der Waals surface area contributed by atoms with Crippen LogP contribution in [0.15, 0.2) is 52.7 Å². The predicted molar refractivity (Wildman–Crippen MR) is 125 cm³/mol. The molecule has 35 heavy (non-hydrogen) atoms. The zero-order chi connectivity index (χ0) is 24.7. The number of amides is 2. The van der Waals surface area contributed by atoms with E-state index in [1.165, 1.54) is 45.2 Å². The first-order valence-corrected chi connectivity index (χ1v) is 12.6. The Bertz CT molecular complexity index is 1370. The van der Waals surface area contributed by atoms with Gasteiger partial charge in [0.25, 0.3) is 11.8 Å². The number of aliphatic hydroxyl groups excluding tert-OH is 1. The quantitative estimate of drug-likeness (QED) is 0.290. The Kier molecular flexibility index (Phi) is 6.35. The number of aliphatic hydroxyl groups is 1. The highest BCUT2D eigenvalue weighted by molar-refractivity contribution is 8.01. The lowest BCUT2D eigenvalue weighted by atomic mass is 10.0. The lowest BCUT2D eigenvalue weighted by Gasteiger charge is -2.49. The summed E-state index contributed by atoms with van der Waals surface area (Å²) in [6.45, 7) is 0. The number of aliphatic carboxylic acids is 1. The average Bonchev–Trinajstić information content (AvgIpc) is 3.33.